The number of hydrogen-bond acceptors (Lipinski definition) is 3. The molecule has 0 aromatic heterocycles. The van der Waals surface area contributed by atoms with Crippen molar-refractivity contribution in [3.05, 3.63) is 29.8 Å². The summed E-state index contributed by atoms with van der Waals surface area (Å²) >= 11 is 0. The molecule has 0 spiro atoms. The zero-order chi connectivity index (χ0) is 14.8. The standard InChI is InChI=1S/C15H18N2O4/c18-14(19)8-10-4-3-7-17(10)15(20)16-12-9-21-13-6-2-1-5-11(12)13/h1-2,5-6,10,12H,3-4,7-9H2,(H,16,20)(H,18,19). The summed E-state index contributed by atoms with van der Waals surface area (Å²) < 4.78 is 5.54. The first-order chi connectivity index (χ1) is 10.1. The number of nitrogens with one attached hydrogen (secondary N) is 1. The van der Waals surface area contributed by atoms with Gasteiger partial charge in [0.15, 0.2) is 0 Å². The summed E-state index contributed by atoms with van der Waals surface area (Å²) in [6.07, 6.45) is 1.60. The number of carboxylic acid groups (broad SMARTS) is 1. The van der Waals surface area contributed by atoms with Crippen LogP contribution < -0.4 is 10.1 Å². The Morgan fingerprint density at radius 2 is 2.19 bits per heavy atom. The van der Waals surface area contributed by atoms with Gasteiger partial charge in [-0.25, -0.2) is 4.79 Å². The molecular weight excluding hydrogens is 272 g/mol. The first-order valence-electron chi connectivity index (χ1n) is 7.16. The number of amides is 2. The molecule has 0 bridgehead atoms. The molecule has 2 heterocycles. The number of carbonyl (C=O) groups is 2. The second-order valence-electron chi connectivity index (χ2n) is 5.44. The number of urea groups is 1. The van der Waals surface area contributed by atoms with Crippen molar-refractivity contribution in [2.75, 3.05) is 13.2 Å². The summed E-state index contributed by atoms with van der Waals surface area (Å²) in [5, 5.41) is 11.9. The third-order valence-electron chi connectivity index (χ3n) is 4.05. The van der Waals surface area contributed by atoms with Crippen LogP contribution >= 0.6 is 0 Å². The summed E-state index contributed by atoms with van der Waals surface area (Å²) in [6, 6.07) is 7.04. The number of carboxylic acids is 1. The van der Waals surface area contributed by atoms with Crippen molar-refractivity contribution in [2.24, 2.45) is 0 Å². The Morgan fingerprint density at radius 3 is 3.00 bits per heavy atom. The van der Waals surface area contributed by atoms with Gasteiger partial charge in [0.05, 0.1) is 12.5 Å². The average Bonchev–Trinajstić information content (AvgIpc) is 3.06. The van der Waals surface area contributed by atoms with Crippen molar-refractivity contribution < 1.29 is 19.4 Å². The van der Waals surface area contributed by atoms with E-state index in [9.17, 15) is 9.59 Å². The molecule has 2 unspecified atom stereocenters. The number of ether oxygens (including phenoxy) is 1. The van der Waals surface area contributed by atoms with Crippen LogP contribution in [0.5, 0.6) is 5.75 Å². The summed E-state index contributed by atoms with van der Waals surface area (Å²) in [5.74, 6) is -0.0689. The van der Waals surface area contributed by atoms with Crippen molar-refractivity contribution in [3.8, 4) is 5.75 Å². The fourth-order valence-corrected chi connectivity index (χ4v) is 3.03. The second kappa shape index (κ2) is 5.63. The summed E-state index contributed by atoms with van der Waals surface area (Å²) in [7, 11) is 0. The Hall–Kier alpha value is -2.24. The minimum Gasteiger partial charge on any atom is -0.491 e. The molecule has 6 nitrogen and oxygen atoms in total. The largest absolute Gasteiger partial charge is 0.491 e. The van der Waals surface area contributed by atoms with Crippen LogP contribution in [0.15, 0.2) is 24.3 Å². The molecule has 21 heavy (non-hydrogen) atoms. The zero-order valence-electron chi connectivity index (χ0n) is 11.6. The van der Waals surface area contributed by atoms with Crippen LogP contribution in [0.2, 0.25) is 0 Å². The lowest BCUT2D eigenvalue weighted by Gasteiger charge is -2.25. The Kier molecular flexibility index (Phi) is 3.68. The third kappa shape index (κ3) is 2.79. The second-order valence-corrected chi connectivity index (χ2v) is 5.44. The topological polar surface area (TPSA) is 78.9 Å². The van der Waals surface area contributed by atoms with E-state index in [1.807, 2.05) is 24.3 Å². The number of hydrogen-bond donors (Lipinski definition) is 2. The smallest absolute Gasteiger partial charge is 0.318 e. The van der Waals surface area contributed by atoms with Crippen LogP contribution in [-0.2, 0) is 4.79 Å². The van der Waals surface area contributed by atoms with E-state index in [4.69, 9.17) is 9.84 Å². The maximum atomic E-state index is 12.4. The lowest BCUT2D eigenvalue weighted by atomic mass is 10.1. The van der Waals surface area contributed by atoms with Gasteiger partial charge in [0.2, 0.25) is 0 Å². The van der Waals surface area contributed by atoms with Gasteiger partial charge in [0, 0.05) is 18.2 Å². The number of aliphatic carboxylic acids is 1. The van der Waals surface area contributed by atoms with E-state index in [0.29, 0.717) is 13.2 Å². The van der Waals surface area contributed by atoms with Crippen molar-refractivity contribution in [3.63, 3.8) is 0 Å². The van der Waals surface area contributed by atoms with Crippen molar-refractivity contribution in [2.45, 2.75) is 31.3 Å². The monoisotopic (exact) mass is 290 g/mol. The van der Waals surface area contributed by atoms with Gasteiger partial charge in [-0.15, -0.1) is 0 Å². The normalized spacial score (nSPS) is 23.5. The van der Waals surface area contributed by atoms with Gasteiger partial charge < -0.3 is 20.1 Å². The van der Waals surface area contributed by atoms with E-state index in [2.05, 4.69) is 5.32 Å². The third-order valence-corrected chi connectivity index (χ3v) is 4.05. The molecule has 2 N–H and O–H groups in total. The Balaban J connectivity index is 1.66. The average molecular weight is 290 g/mol. The summed E-state index contributed by atoms with van der Waals surface area (Å²) in [5.41, 5.74) is 0.972. The molecule has 2 aliphatic rings. The zero-order valence-corrected chi connectivity index (χ0v) is 11.6. The van der Waals surface area contributed by atoms with Gasteiger partial charge in [0.1, 0.15) is 12.4 Å². The SMILES string of the molecule is O=C(O)CC1CCCN1C(=O)NC1COc2ccccc21. The number of likely N-dealkylation sites (tertiary alicyclic amines) is 1. The minimum atomic E-state index is -0.866. The highest BCUT2D eigenvalue weighted by molar-refractivity contribution is 5.77. The number of carbonyl (C=O) groups excluding carboxylic acids is 1. The van der Waals surface area contributed by atoms with Gasteiger partial charge in [0.25, 0.3) is 0 Å². The van der Waals surface area contributed by atoms with Gasteiger partial charge in [-0.2, -0.15) is 0 Å². The molecule has 2 amide bonds. The van der Waals surface area contributed by atoms with Crippen molar-refractivity contribution in [1.82, 2.24) is 10.2 Å². The molecule has 1 saturated heterocycles. The Bertz CT molecular complexity index is 560. The molecule has 1 aromatic rings. The fourth-order valence-electron chi connectivity index (χ4n) is 3.03. The molecule has 2 atom stereocenters. The molecular formula is C15H18N2O4. The van der Waals surface area contributed by atoms with E-state index < -0.39 is 5.97 Å². The predicted molar refractivity (Wildman–Crippen MR) is 75.2 cm³/mol. The fraction of sp³-hybridized carbons (Fsp3) is 0.467. The first-order valence-corrected chi connectivity index (χ1v) is 7.16. The van der Waals surface area contributed by atoms with Gasteiger partial charge in [-0.1, -0.05) is 18.2 Å². The van der Waals surface area contributed by atoms with Gasteiger partial charge >= 0.3 is 12.0 Å². The van der Waals surface area contributed by atoms with E-state index in [1.54, 1.807) is 4.90 Å². The van der Waals surface area contributed by atoms with Crippen molar-refractivity contribution >= 4 is 12.0 Å². The van der Waals surface area contributed by atoms with Crippen LogP contribution in [0.1, 0.15) is 30.9 Å². The maximum Gasteiger partial charge on any atom is 0.318 e. The number of fused-ring (bicyclic) bond motifs is 1. The van der Waals surface area contributed by atoms with Crippen LogP contribution in [0.4, 0.5) is 4.79 Å². The van der Waals surface area contributed by atoms with Crippen LogP contribution in [0.25, 0.3) is 0 Å². The lowest BCUT2D eigenvalue weighted by Crippen LogP contribution is -2.45. The van der Waals surface area contributed by atoms with E-state index in [1.165, 1.54) is 0 Å². The molecule has 1 aromatic carbocycles. The Morgan fingerprint density at radius 1 is 1.38 bits per heavy atom. The highest BCUT2D eigenvalue weighted by Gasteiger charge is 2.33. The van der Waals surface area contributed by atoms with Crippen LogP contribution in [0.3, 0.4) is 0 Å². The van der Waals surface area contributed by atoms with E-state index in [-0.39, 0.29) is 24.5 Å². The van der Waals surface area contributed by atoms with Gasteiger partial charge in [-0.05, 0) is 18.9 Å². The molecule has 3 rings (SSSR count). The molecule has 0 radical (unpaired) electrons. The van der Waals surface area contributed by atoms with E-state index >= 15 is 0 Å². The highest BCUT2D eigenvalue weighted by Crippen LogP contribution is 2.32. The summed E-state index contributed by atoms with van der Waals surface area (Å²) in [4.78, 5) is 24.9. The highest BCUT2D eigenvalue weighted by atomic mass is 16.5. The molecule has 112 valence electrons. The number of benzene rings is 1. The van der Waals surface area contributed by atoms with Crippen LogP contribution in [0, 0.1) is 0 Å². The molecule has 0 aliphatic carbocycles. The predicted octanol–water partition coefficient (Wildman–Crippen LogP) is 1.77. The van der Waals surface area contributed by atoms with E-state index in [0.717, 1.165) is 24.2 Å². The minimum absolute atomic E-state index is 0.00513. The lowest BCUT2D eigenvalue weighted by molar-refractivity contribution is -0.137. The maximum absolute atomic E-state index is 12.4. The molecule has 6 heteroatoms. The molecule has 1 fully saturated rings. The first kappa shape index (κ1) is 13.7. The van der Waals surface area contributed by atoms with Gasteiger partial charge in [-0.3, -0.25) is 4.79 Å². The summed E-state index contributed by atoms with van der Waals surface area (Å²) in [6.45, 7) is 1.03. The number of nitrogens with zero attached hydrogens (tertiary/aromatic N) is 1. The Labute approximate surface area is 122 Å². The quantitative estimate of drug-likeness (QED) is 0.889. The van der Waals surface area contributed by atoms with Crippen molar-refractivity contribution in [1.29, 1.82) is 0 Å². The van der Waals surface area contributed by atoms with Crippen LogP contribution in [-0.4, -0.2) is 41.2 Å². The number of rotatable bonds is 3. The number of para-hydroxylation sites is 1. The molecule has 0 saturated carbocycles. The molecule has 2 aliphatic heterocycles.